The Morgan fingerprint density at radius 2 is 1.46 bits per heavy atom. The van der Waals surface area contributed by atoms with Gasteiger partial charge >= 0.3 is 0 Å². The summed E-state index contributed by atoms with van der Waals surface area (Å²) >= 11 is 0. The molecule has 2 amide bonds. The van der Waals surface area contributed by atoms with Crippen molar-refractivity contribution in [3.05, 3.63) is 12.2 Å². The number of hydrogen-bond acceptors (Lipinski definition) is 5. The lowest BCUT2D eigenvalue weighted by molar-refractivity contribution is -0.139. The molecule has 26 heavy (non-hydrogen) atoms. The zero-order chi connectivity index (χ0) is 19.1. The van der Waals surface area contributed by atoms with E-state index in [9.17, 15) is 14.9 Å². The molecule has 2 aliphatic rings. The highest BCUT2D eigenvalue weighted by atomic mass is 16.5. The second-order valence-electron chi connectivity index (χ2n) is 7.03. The maximum Gasteiger partial charge on any atom is 0.227 e. The van der Waals surface area contributed by atoms with Crippen LogP contribution < -0.4 is 0 Å². The molecule has 0 aromatic rings. The van der Waals surface area contributed by atoms with Crippen LogP contribution in [0.25, 0.3) is 0 Å². The Hall–Kier alpha value is -1.91. The number of hydrogen-bond donors (Lipinski definition) is 0. The van der Waals surface area contributed by atoms with Crippen LogP contribution in [0.5, 0.6) is 0 Å². The van der Waals surface area contributed by atoms with Gasteiger partial charge in [-0.15, -0.1) is 0 Å². The molecule has 2 saturated heterocycles. The fraction of sp³-hybridized carbons (Fsp3) is 0.737. The second-order valence-corrected chi connectivity index (χ2v) is 7.03. The van der Waals surface area contributed by atoms with Crippen molar-refractivity contribution >= 4 is 11.8 Å². The molecule has 7 nitrogen and oxygen atoms in total. The highest BCUT2D eigenvalue weighted by Crippen LogP contribution is 2.27. The van der Waals surface area contributed by atoms with Gasteiger partial charge in [0, 0.05) is 32.1 Å². The molecular formula is C19H29N3O4. The molecule has 2 aliphatic heterocycles. The van der Waals surface area contributed by atoms with Gasteiger partial charge in [0.25, 0.3) is 0 Å². The molecule has 0 spiro atoms. The summed E-state index contributed by atoms with van der Waals surface area (Å²) in [7, 11) is 0. The van der Waals surface area contributed by atoms with Gasteiger partial charge in [-0.05, 0) is 6.42 Å². The van der Waals surface area contributed by atoms with Crippen LogP contribution in [0.2, 0.25) is 0 Å². The lowest BCUT2D eigenvalue weighted by Crippen LogP contribution is -2.45. The van der Waals surface area contributed by atoms with Gasteiger partial charge in [0.2, 0.25) is 11.8 Å². The molecule has 0 radical (unpaired) electrons. The van der Waals surface area contributed by atoms with Gasteiger partial charge in [-0.2, -0.15) is 5.26 Å². The molecule has 0 N–H and O–H groups in total. The van der Waals surface area contributed by atoms with Crippen molar-refractivity contribution in [2.45, 2.75) is 20.3 Å². The Balaban J connectivity index is 1.93. The predicted molar refractivity (Wildman–Crippen MR) is 96.0 cm³/mol. The van der Waals surface area contributed by atoms with E-state index in [1.807, 2.05) is 6.92 Å². The summed E-state index contributed by atoms with van der Waals surface area (Å²) in [5, 5.41) is 9.60. The zero-order valence-electron chi connectivity index (χ0n) is 15.8. The van der Waals surface area contributed by atoms with Crippen LogP contribution >= 0.6 is 0 Å². The highest BCUT2D eigenvalue weighted by molar-refractivity contribution is 5.80. The van der Waals surface area contributed by atoms with E-state index < -0.39 is 11.8 Å². The number of morpholine rings is 2. The summed E-state index contributed by atoms with van der Waals surface area (Å²) in [5.41, 5.74) is 0.649. The molecule has 0 aromatic carbocycles. The normalized spacial score (nSPS) is 21.4. The van der Waals surface area contributed by atoms with Crippen molar-refractivity contribution < 1.29 is 19.1 Å². The summed E-state index contributed by atoms with van der Waals surface area (Å²) in [4.78, 5) is 28.8. The van der Waals surface area contributed by atoms with Gasteiger partial charge in [0.1, 0.15) is 0 Å². The van der Waals surface area contributed by atoms with Gasteiger partial charge in [-0.3, -0.25) is 9.59 Å². The third kappa shape index (κ3) is 5.05. The molecule has 0 unspecified atom stereocenters. The standard InChI is InChI=1S/C19H29N3O4/c1-14(12-15(2)18(23)21-4-8-25-9-5-21)17(13-20)16(3)19(24)22-6-10-26-11-7-22/h15-17H,1,4-12H2,2-3H3/t15-,16-,17+/m1/s1. The Labute approximate surface area is 155 Å². The molecule has 0 bridgehead atoms. The zero-order valence-corrected chi connectivity index (χ0v) is 15.8. The predicted octanol–water partition coefficient (Wildman–Crippen LogP) is 1.06. The average molecular weight is 363 g/mol. The summed E-state index contributed by atoms with van der Waals surface area (Å²) in [6.07, 6.45) is 0.412. The summed E-state index contributed by atoms with van der Waals surface area (Å²) in [6.45, 7) is 12.1. The van der Waals surface area contributed by atoms with E-state index in [1.165, 1.54) is 0 Å². The quantitative estimate of drug-likeness (QED) is 0.659. The van der Waals surface area contributed by atoms with E-state index in [2.05, 4.69) is 12.6 Å². The first kappa shape index (κ1) is 20.4. The van der Waals surface area contributed by atoms with E-state index in [-0.39, 0.29) is 17.7 Å². The number of nitrogens with zero attached hydrogens (tertiary/aromatic N) is 3. The van der Waals surface area contributed by atoms with E-state index in [1.54, 1.807) is 16.7 Å². The Bertz CT molecular complexity index is 560. The van der Waals surface area contributed by atoms with Crippen molar-refractivity contribution in [1.82, 2.24) is 9.80 Å². The number of rotatable bonds is 6. The first-order chi connectivity index (χ1) is 12.5. The van der Waals surface area contributed by atoms with Crippen molar-refractivity contribution in [1.29, 1.82) is 5.26 Å². The summed E-state index contributed by atoms with van der Waals surface area (Å²) < 4.78 is 10.5. The number of carbonyl (C=O) groups excluding carboxylic acids is 2. The van der Waals surface area contributed by atoms with Crippen molar-refractivity contribution in [3.63, 3.8) is 0 Å². The molecule has 3 atom stereocenters. The molecule has 0 aliphatic carbocycles. The first-order valence-corrected chi connectivity index (χ1v) is 9.26. The monoisotopic (exact) mass is 363 g/mol. The first-order valence-electron chi connectivity index (χ1n) is 9.26. The van der Waals surface area contributed by atoms with Crippen LogP contribution in [0.15, 0.2) is 12.2 Å². The topological polar surface area (TPSA) is 82.9 Å². The Kier molecular flexibility index (Phi) is 7.61. The number of nitriles is 1. The van der Waals surface area contributed by atoms with Crippen LogP contribution in [-0.2, 0) is 19.1 Å². The fourth-order valence-corrected chi connectivity index (χ4v) is 3.47. The van der Waals surface area contributed by atoms with Crippen LogP contribution in [0.3, 0.4) is 0 Å². The molecule has 0 aromatic heterocycles. The largest absolute Gasteiger partial charge is 0.378 e. The number of carbonyl (C=O) groups is 2. The molecule has 7 heteroatoms. The third-order valence-electron chi connectivity index (χ3n) is 5.10. The number of amides is 2. The van der Waals surface area contributed by atoms with Gasteiger partial charge < -0.3 is 19.3 Å². The number of ether oxygens (including phenoxy) is 2. The minimum atomic E-state index is -0.592. The molecule has 2 heterocycles. The Morgan fingerprint density at radius 3 is 1.92 bits per heavy atom. The van der Waals surface area contributed by atoms with Gasteiger partial charge in [-0.1, -0.05) is 26.0 Å². The Morgan fingerprint density at radius 1 is 1.00 bits per heavy atom. The van der Waals surface area contributed by atoms with Crippen LogP contribution in [0.4, 0.5) is 0 Å². The maximum absolute atomic E-state index is 12.7. The van der Waals surface area contributed by atoms with Gasteiger partial charge in [0.05, 0.1) is 44.3 Å². The average Bonchev–Trinajstić information content (AvgIpc) is 2.68. The van der Waals surface area contributed by atoms with Crippen molar-refractivity contribution in [3.8, 4) is 6.07 Å². The molecule has 144 valence electrons. The third-order valence-corrected chi connectivity index (χ3v) is 5.10. The van der Waals surface area contributed by atoms with E-state index >= 15 is 0 Å². The van der Waals surface area contributed by atoms with E-state index in [0.29, 0.717) is 64.6 Å². The molecule has 0 saturated carbocycles. The van der Waals surface area contributed by atoms with Crippen molar-refractivity contribution in [2.24, 2.45) is 17.8 Å². The van der Waals surface area contributed by atoms with Gasteiger partial charge in [0.15, 0.2) is 0 Å². The minimum Gasteiger partial charge on any atom is -0.378 e. The van der Waals surface area contributed by atoms with E-state index in [4.69, 9.17) is 9.47 Å². The lowest BCUT2D eigenvalue weighted by Gasteiger charge is -2.32. The van der Waals surface area contributed by atoms with E-state index in [0.717, 1.165) is 0 Å². The minimum absolute atomic E-state index is 0.0480. The fourth-order valence-electron chi connectivity index (χ4n) is 3.47. The molecular weight excluding hydrogens is 334 g/mol. The lowest BCUT2D eigenvalue weighted by atomic mass is 9.83. The highest BCUT2D eigenvalue weighted by Gasteiger charge is 2.32. The van der Waals surface area contributed by atoms with Crippen molar-refractivity contribution in [2.75, 3.05) is 52.6 Å². The van der Waals surface area contributed by atoms with Gasteiger partial charge in [-0.25, -0.2) is 0 Å². The molecule has 2 fully saturated rings. The SMILES string of the molecule is C=C(C[C@@H](C)C(=O)N1CCOCC1)[C@H](C#N)[C@@H](C)C(=O)N1CCOCC1. The number of allylic oxidation sites excluding steroid dienone is 1. The summed E-state index contributed by atoms with van der Waals surface area (Å²) in [5.74, 6) is -1.32. The smallest absolute Gasteiger partial charge is 0.227 e. The second kappa shape index (κ2) is 9.70. The van der Waals surface area contributed by atoms with Crippen LogP contribution in [0, 0.1) is 29.1 Å². The maximum atomic E-state index is 12.7. The van der Waals surface area contributed by atoms with Crippen LogP contribution in [-0.4, -0.2) is 74.2 Å². The molecule has 2 rings (SSSR count). The van der Waals surface area contributed by atoms with Crippen LogP contribution in [0.1, 0.15) is 20.3 Å². The summed E-state index contributed by atoms with van der Waals surface area (Å²) in [6, 6.07) is 2.22.